The number of hydrogen-bond donors (Lipinski definition) is 1. The Morgan fingerprint density at radius 1 is 1.36 bits per heavy atom. The summed E-state index contributed by atoms with van der Waals surface area (Å²) in [6, 6.07) is 6.62. The molecule has 7 heteroatoms. The van der Waals surface area contributed by atoms with Gasteiger partial charge in [0.25, 0.3) is 5.91 Å². The maximum Gasteiger partial charge on any atom is 0.266 e. The highest BCUT2D eigenvalue weighted by Crippen LogP contribution is 2.26. The van der Waals surface area contributed by atoms with Crippen molar-refractivity contribution in [2.24, 2.45) is 0 Å². The lowest BCUT2D eigenvalue weighted by atomic mass is 10.3. The Bertz CT molecular complexity index is 658. The summed E-state index contributed by atoms with van der Waals surface area (Å²) < 4.78 is 7.32. The fraction of sp³-hybridized carbons (Fsp3) is 0.333. The lowest BCUT2D eigenvalue weighted by Gasteiger charge is -2.15. The third-order valence-electron chi connectivity index (χ3n) is 2.98. The van der Waals surface area contributed by atoms with Crippen LogP contribution in [0.5, 0.6) is 5.75 Å². The first-order valence-electron chi connectivity index (χ1n) is 6.95. The molecule has 1 unspecified atom stereocenters. The number of halogens is 2. The van der Waals surface area contributed by atoms with Gasteiger partial charge >= 0.3 is 0 Å². The molecule has 5 nitrogen and oxygen atoms in total. The fourth-order valence-corrected chi connectivity index (χ4v) is 2.15. The maximum absolute atomic E-state index is 12.2. The first-order chi connectivity index (χ1) is 10.5. The number of ether oxygens (including phenoxy) is 1. The zero-order chi connectivity index (χ0) is 16.1. The number of amides is 1. The highest BCUT2D eigenvalue weighted by molar-refractivity contribution is 6.42. The molecule has 0 fully saturated rings. The SMILES string of the molecule is CCCn1nccc1NC(=O)C(C)Oc1ccc(Cl)c(Cl)c1. The number of benzene rings is 1. The summed E-state index contributed by atoms with van der Waals surface area (Å²) in [5.41, 5.74) is 0. The van der Waals surface area contributed by atoms with Crippen LogP contribution in [0.3, 0.4) is 0 Å². The van der Waals surface area contributed by atoms with E-state index in [-0.39, 0.29) is 5.91 Å². The number of aromatic nitrogens is 2. The number of nitrogens with zero attached hydrogens (tertiary/aromatic N) is 2. The number of carbonyl (C=O) groups excluding carboxylic acids is 1. The number of aryl methyl sites for hydroxylation is 1. The van der Waals surface area contributed by atoms with E-state index < -0.39 is 6.10 Å². The van der Waals surface area contributed by atoms with Gasteiger partial charge in [-0.05, 0) is 25.5 Å². The van der Waals surface area contributed by atoms with Crippen LogP contribution in [0.1, 0.15) is 20.3 Å². The molecule has 0 saturated carbocycles. The van der Waals surface area contributed by atoms with Crippen LogP contribution in [0.25, 0.3) is 0 Å². The Hall–Kier alpha value is -1.72. The molecular weight excluding hydrogens is 325 g/mol. The van der Waals surface area contributed by atoms with Crippen LogP contribution < -0.4 is 10.1 Å². The number of anilines is 1. The average molecular weight is 342 g/mol. The van der Waals surface area contributed by atoms with Crippen molar-refractivity contribution in [2.45, 2.75) is 32.9 Å². The zero-order valence-electron chi connectivity index (χ0n) is 12.3. The van der Waals surface area contributed by atoms with E-state index >= 15 is 0 Å². The minimum atomic E-state index is -0.679. The van der Waals surface area contributed by atoms with Gasteiger partial charge in [-0.1, -0.05) is 30.1 Å². The normalized spacial score (nSPS) is 12.0. The van der Waals surface area contributed by atoms with Gasteiger partial charge in [0.1, 0.15) is 11.6 Å². The summed E-state index contributed by atoms with van der Waals surface area (Å²) in [6.45, 7) is 4.45. The van der Waals surface area contributed by atoms with E-state index in [1.54, 1.807) is 42.1 Å². The van der Waals surface area contributed by atoms with Crippen LogP contribution in [0, 0.1) is 0 Å². The molecule has 0 aliphatic carbocycles. The quantitative estimate of drug-likeness (QED) is 0.863. The van der Waals surface area contributed by atoms with Gasteiger partial charge in [-0.3, -0.25) is 4.79 Å². The van der Waals surface area contributed by atoms with Crippen molar-refractivity contribution >= 4 is 34.9 Å². The van der Waals surface area contributed by atoms with Crippen molar-refractivity contribution in [1.29, 1.82) is 0 Å². The topological polar surface area (TPSA) is 56.2 Å². The van der Waals surface area contributed by atoms with Gasteiger partial charge < -0.3 is 10.1 Å². The van der Waals surface area contributed by atoms with Crippen LogP contribution in [-0.2, 0) is 11.3 Å². The van der Waals surface area contributed by atoms with Gasteiger partial charge in [-0.2, -0.15) is 5.10 Å². The highest BCUT2D eigenvalue weighted by atomic mass is 35.5. The van der Waals surface area contributed by atoms with Crippen LogP contribution in [0.15, 0.2) is 30.5 Å². The standard InChI is InChI=1S/C15H17Cl2N3O2/c1-3-8-20-14(6-7-18-20)19-15(21)10(2)22-11-4-5-12(16)13(17)9-11/h4-7,9-10H,3,8H2,1-2H3,(H,19,21). The summed E-state index contributed by atoms with van der Waals surface area (Å²) in [7, 11) is 0. The lowest BCUT2D eigenvalue weighted by molar-refractivity contribution is -0.122. The molecule has 1 aromatic heterocycles. The Morgan fingerprint density at radius 3 is 2.82 bits per heavy atom. The van der Waals surface area contributed by atoms with Crippen LogP contribution in [-0.4, -0.2) is 21.8 Å². The Balaban J connectivity index is 1.99. The molecule has 0 radical (unpaired) electrons. The second kappa shape index (κ2) is 7.51. The number of hydrogen-bond acceptors (Lipinski definition) is 3. The summed E-state index contributed by atoms with van der Waals surface area (Å²) in [6.07, 6.45) is 1.90. The van der Waals surface area contributed by atoms with Gasteiger partial charge in [0.2, 0.25) is 0 Å². The van der Waals surface area contributed by atoms with Crippen molar-refractivity contribution in [1.82, 2.24) is 9.78 Å². The first kappa shape index (κ1) is 16.6. The van der Waals surface area contributed by atoms with Gasteiger partial charge in [0, 0.05) is 18.7 Å². The number of rotatable bonds is 6. The van der Waals surface area contributed by atoms with Gasteiger partial charge in [-0.15, -0.1) is 0 Å². The Kier molecular flexibility index (Phi) is 5.69. The Labute approximate surface area is 139 Å². The van der Waals surface area contributed by atoms with E-state index in [0.29, 0.717) is 21.6 Å². The van der Waals surface area contributed by atoms with Crippen molar-refractivity contribution in [3.63, 3.8) is 0 Å². The van der Waals surface area contributed by atoms with Gasteiger partial charge in [0.05, 0.1) is 16.2 Å². The molecule has 22 heavy (non-hydrogen) atoms. The monoisotopic (exact) mass is 341 g/mol. The second-order valence-electron chi connectivity index (χ2n) is 4.76. The highest BCUT2D eigenvalue weighted by Gasteiger charge is 2.17. The molecule has 1 N–H and O–H groups in total. The van der Waals surface area contributed by atoms with E-state index in [9.17, 15) is 4.79 Å². The maximum atomic E-state index is 12.2. The fourth-order valence-electron chi connectivity index (χ4n) is 1.86. The van der Waals surface area contributed by atoms with Crippen LogP contribution >= 0.6 is 23.2 Å². The smallest absolute Gasteiger partial charge is 0.266 e. The average Bonchev–Trinajstić information content (AvgIpc) is 2.90. The zero-order valence-corrected chi connectivity index (χ0v) is 13.9. The molecule has 2 aromatic rings. The summed E-state index contributed by atoms with van der Waals surface area (Å²) in [5.74, 6) is 0.875. The van der Waals surface area contributed by atoms with Crippen molar-refractivity contribution in [3.05, 3.63) is 40.5 Å². The number of nitrogens with one attached hydrogen (secondary N) is 1. The lowest BCUT2D eigenvalue weighted by Crippen LogP contribution is -2.31. The van der Waals surface area contributed by atoms with Crippen molar-refractivity contribution in [3.8, 4) is 5.75 Å². The number of carbonyl (C=O) groups is 1. The largest absolute Gasteiger partial charge is 0.481 e. The van der Waals surface area contributed by atoms with E-state index in [2.05, 4.69) is 10.4 Å². The predicted molar refractivity (Wildman–Crippen MR) is 87.7 cm³/mol. The summed E-state index contributed by atoms with van der Waals surface area (Å²) >= 11 is 11.8. The molecule has 0 aliphatic heterocycles. The van der Waals surface area contributed by atoms with E-state index in [1.807, 2.05) is 6.92 Å². The molecule has 1 aromatic carbocycles. The molecule has 0 saturated heterocycles. The first-order valence-corrected chi connectivity index (χ1v) is 7.71. The summed E-state index contributed by atoms with van der Waals surface area (Å²) in [5, 5.41) is 7.77. The third-order valence-corrected chi connectivity index (χ3v) is 3.72. The molecule has 1 atom stereocenters. The minimum Gasteiger partial charge on any atom is -0.481 e. The molecular formula is C15H17Cl2N3O2. The molecule has 1 amide bonds. The molecule has 1 heterocycles. The van der Waals surface area contributed by atoms with Crippen molar-refractivity contribution in [2.75, 3.05) is 5.32 Å². The van der Waals surface area contributed by atoms with E-state index in [0.717, 1.165) is 13.0 Å². The van der Waals surface area contributed by atoms with Crippen LogP contribution in [0.2, 0.25) is 10.0 Å². The summed E-state index contributed by atoms with van der Waals surface area (Å²) in [4.78, 5) is 12.2. The molecule has 0 aliphatic rings. The molecule has 0 spiro atoms. The molecule has 118 valence electrons. The van der Waals surface area contributed by atoms with Crippen molar-refractivity contribution < 1.29 is 9.53 Å². The van der Waals surface area contributed by atoms with E-state index in [1.165, 1.54) is 0 Å². The molecule has 0 bridgehead atoms. The van der Waals surface area contributed by atoms with Gasteiger partial charge in [0.15, 0.2) is 6.10 Å². The van der Waals surface area contributed by atoms with E-state index in [4.69, 9.17) is 27.9 Å². The second-order valence-corrected chi connectivity index (χ2v) is 5.58. The third kappa shape index (κ3) is 4.15. The minimum absolute atomic E-state index is 0.260. The van der Waals surface area contributed by atoms with Gasteiger partial charge in [-0.25, -0.2) is 4.68 Å². The van der Waals surface area contributed by atoms with Crippen LogP contribution in [0.4, 0.5) is 5.82 Å². The Morgan fingerprint density at radius 2 is 2.14 bits per heavy atom. The molecule has 2 rings (SSSR count). The predicted octanol–water partition coefficient (Wildman–Crippen LogP) is 4.01.